The zero-order valence-corrected chi connectivity index (χ0v) is 14.3. The van der Waals surface area contributed by atoms with Gasteiger partial charge in [-0.15, -0.1) is 0 Å². The molecule has 2 amide bonds. The van der Waals surface area contributed by atoms with E-state index in [2.05, 4.69) is 10.3 Å². The summed E-state index contributed by atoms with van der Waals surface area (Å²) in [6.45, 7) is 0.730. The summed E-state index contributed by atoms with van der Waals surface area (Å²) in [6, 6.07) is 11.2. The van der Waals surface area contributed by atoms with Gasteiger partial charge in [0.2, 0.25) is 11.8 Å². The Bertz CT molecular complexity index is 778. The summed E-state index contributed by atoms with van der Waals surface area (Å²) in [5.41, 5.74) is 6.49. The van der Waals surface area contributed by atoms with Crippen LogP contribution < -0.4 is 11.1 Å². The number of carbonyl (C=O) groups is 2. The third kappa shape index (κ3) is 4.43. The van der Waals surface area contributed by atoms with Gasteiger partial charge in [-0.25, -0.2) is 9.37 Å². The van der Waals surface area contributed by atoms with E-state index in [9.17, 15) is 14.0 Å². The SMILES string of the molecule is NC(CC(=O)N1CC(C(=O)Nc2ccccn2)C1)Cc1ccccc1F. The first-order chi connectivity index (χ1) is 12.5. The van der Waals surface area contributed by atoms with E-state index in [0.29, 0.717) is 30.9 Å². The minimum absolute atomic E-state index is 0.115. The van der Waals surface area contributed by atoms with Crippen molar-refractivity contribution in [2.75, 3.05) is 18.4 Å². The number of benzene rings is 1. The number of hydrogen-bond donors (Lipinski definition) is 2. The van der Waals surface area contributed by atoms with E-state index in [0.717, 1.165) is 0 Å². The van der Waals surface area contributed by atoms with Crippen molar-refractivity contribution in [3.05, 3.63) is 60.0 Å². The third-order valence-corrected chi connectivity index (χ3v) is 4.40. The van der Waals surface area contributed by atoms with Crippen LogP contribution in [0.2, 0.25) is 0 Å². The van der Waals surface area contributed by atoms with Crippen LogP contribution in [0.25, 0.3) is 0 Å². The molecule has 0 radical (unpaired) electrons. The van der Waals surface area contributed by atoms with E-state index < -0.39 is 6.04 Å². The van der Waals surface area contributed by atoms with Crippen LogP contribution in [0.4, 0.5) is 10.2 Å². The number of nitrogens with zero attached hydrogens (tertiary/aromatic N) is 2. The Morgan fingerprint density at radius 1 is 1.23 bits per heavy atom. The fourth-order valence-electron chi connectivity index (χ4n) is 2.88. The zero-order chi connectivity index (χ0) is 18.5. The van der Waals surface area contributed by atoms with Gasteiger partial charge < -0.3 is 16.0 Å². The van der Waals surface area contributed by atoms with Crippen LogP contribution in [0.1, 0.15) is 12.0 Å². The molecule has 1 aliphatic rings. The van der Waals surface area contributed by atoms with E-state index in [1.54, 1.807) is 47.5 Å². The van der Waals surface area contributed by atoms with E-state index in [1.165, 1.54) is 6.07 Å². The number of hydrogen-bond acceptors (Lipinski definition) is 4. The smallest absolute Gasteiger partial charge is 0.232 e. The number of carbonyl (C=O) groups excluding carboxylic acids is 2. The molecule has 1 aromatic carbocycles. The van der Waals surface area contributed by atoms with Crippen molar-refractivity contribution >= 4 is 17.6 Å². The molecule has 7 heteroatoms. The van der Waals surface area contributed by atoms with Gasteiger partial charge in [0.1, 0.15) is 11.6 Å². The summed E-state index contributed by atoms with van der Waals surface area (Å²) in [6.07, 6.45) is 2.03. The van der Waals surface area contributed by atoms with Gasteiger partial charge in [-0.2, -0.15) is 0 Å². The number of anilines is 1. The van der Waals surface area contributed by atoms with Gasteiger partial charge in [0.05, 0.1) is 5.92 Å². The summed E-state index contributed by atoms with van der Waals surface area (Å²) in [4.78, 5) is 30.0. The fraction of sp³-hybridized carbons (Fsp3) is 0.316. The van der Waals surface area contributed by atoms with E-state index in [4.69, 9.17) is 5.73 Å². The Kier molecular flexibility index (Phi) is 5.58. The van der Waals surface area contributed by atoms with Gasteiger partial charge in [0.15, 0.2) is 0 Å². The Morgan fingerprint density at radius 3 is 2.65 bits per heavy atom. The molecule has 0 saturated carbocycles. The monoisotopic (exact) mass is 356 g/mol. The van der Waals surface area contributed by atoms with Crippen molar-refractivity contribution in [1.29, 1.82) is 0 Å². The number of pyridine rings is 1. The lowest BCUT2D eigenvalue weighted by Crippen LogP contribution is -2.55. The molecule has 3 N–H and O–H groups in total. The predicted octanol–water partition coefficient (Wildman–Crippen LogP) is 1.58. The molecule has 2 aromatic rings. The number of nitrogens with one attached hydrogen (secondary N) is 1. The Labute approximate surface area is 151 Å². The first-order valence-electron chi connectivity index (χ1n) is 8.51. The lowest BCUT2D eigenvalue weighted by atomic mass is 9.97. The summed E-state index contributed by atoms with van der Waals surface area (Å²) >= 11 is 0. The van der Waals surface area contributed by atoms with Crippen molar-refractivity contribution in [3.8, 4) is 0 Å². The number of halogens is 1. The summed E-state index contributed by atoms with van der Waals surface area (Å²) in [5, 5.41) is 2.73. The zero-order valence-electron chi connectivity index (χ0n) is 14.3. The van der Waals surface area contributed by atoms with Crippen LogP contribution in [-0.4, -0.2) is 40.8 Å². The highest BCUT2D eigenvalue weighted by molar-refractivity contribution is 5.94. The molecule has 1 aromatic heterocycles. The Morgan fingerprint density at radius 2 is 1.96 bits per heavy atom. The van der Waals surface area contributed by atoms with Gasteiger partial charge >= 0.3 is 0 Å². The minimum atomic E-state index is -0.458. The van der Waals surface area contributed by atoms with Crippen LogP contribution in [0.3, 0.4) is 0 Å². The first kappa shape index (κ1) is 18.0. The molecule has 6 nitrogen and oxygen atoms in total. The Hall–Kier alpha value is -2.80. The molecule has 1 saturated heterocycles. The van der Waals surface area contributed by atoms with Gasteiger partial charge in [-0.3, -0.25) is 9.59 Å². The van der Waals surface area contributed by atoms with Gasteiger partial charge in [0.25, 0.3) is 0 Å². The summed E-state index contributed by atoms with van der Waals surface area (Å²) in [7, 11) is 0. The molecule has 1 atom stereocenters. The molecule has 1 fully saturated rings. The molecule has 0 spiro atoms. The molecule has 0 aliphatic carbocycles. The molecule has 3 rings (SSSR count). The highest BCUT2D eigenvalue weighted by Crippen LogP contribution is 2.19. The molecule has 1 aliphatic heterocycles. The summed E-state index contributed by atoms with van der Waals surface area (Å²) in [5.74, 6) is -0.331. The largest absolute Gasteiger partial charge is 0.341 e. The topological polar surface area (TPSA) is 88.3 Å². The van der Waals surface area contributed by atoms with E-state index in [1.807, 2.05) is 0 Å². The second-order valence-corrected chi connectivity index (χ2v) is 6.46. The molecular weight excluding hydrogens is 335 g/mol. The van der Waals surface area contributed by atoms with Crippen molar-refractivity contribution in [2.45, 2.75) is 18.9 Å². The number of amides is 2. The lowest BCUT2D eigenvalue weighted by molar-refractivity contribution is -0.141. The number of rotatable bonds is 6. The van der Waals surface area contributed by atoms with Crippen LogP contribution in [0.15, 0.2) is 48.7 Å². The third-order valence-electron chi connectivity index (χ3n) is 4.40. The van der Waals surface area contributed by atoms with Crippen molar-refractivity contribution in [3.63, 3.8) is 0 Å². The second kappa shape index (κ2) is 8.05. The van der Waals surface area contributed by atoms with Crippen LogP contribution in [0, 0.1) is 11.7 Å². The average molecular weight is 356 g/mol. The average Bonchev–Trinajstić information content (AvgIpc) is 2.56. The fourth-order valence-corrected chi connectivity index (χ4v) is 2.88. The van der Waals surface area contributed by atoms with Crippen molar-refractivity contribution < 1.29 is 14.0 Å². The van der Waals surface area contributed by atoms with Crippen LogP contribution >= 0.6 is 0 Å². The lowest BCUT2D eigenvalue weighted by Gasteiger charge is -2.38. The quantitative estimate of drug-likeness (QED) is 0.822. The number of nitrogens with two attached hydrogens (primary N) is 1. The molecule has 2 heterocycles. The molecule has 26 heavy (non-hydrogen) atoms. The molecule has 1 unspecified atom stereocenters. The van der Waals surface area contributed by atoms with E-state index >= 15 is 0 Å². The van der Waals surface area contributed by atoms with Crippen molar-refractivity contribution in [1.82, 2.24) is 9.88 Å². The van der Waals surface area contributed by atoms with Gasteiger partial charge in [-0.05, 0) is 30.2 Å². The standard InChI is InChI=1S/C19H21FN4O2/c20-16-6-2-1-5-13(16)9-15(21)10-18(25)24-11-14(12-24)19(26)23-17-7-3-4-8-22-17/h1-8,14-15H,9-12,21H2,(H,22,23,26). The molecule has 0 bridgehead atoms. The molecule has 136 valence electrons. The normalized spacial score (nSPS) is 15.2. The van der Waals surface area contributed by atoms with Crippen molar-refractivity contribution in [2.24, 2.45) is 11.7 Å². The first-order valence-corrected chi connectivity index (χ1v) is 8.51. The summed E-state index contributed by atoms with van der Waals surface area (Å²) < 4.78 is 13.6. The Balaban J connectivity index is 1.43. The number of likely N-dealkylation sites (tertiary alicyclic amines) is 1. The van der Waals surface area contributed by atoms with Crippen LogP contribution in [0.5, 0.6) is 0 Å². The predicted molar refractivity (Wildman–Crippen MR) is 95.6 cm³/mol. The second-order valence-electron chi connectivity index (χ2n) is 6.46. The van der Waals surface area contributed by atoms with Crippen LogP contribution in [-0.2, 0) is 16.0 Å². The maximum Gasteiger partial charge on any atom is 0.232 e. The highest BCUT2D eigenvalue weighted by Gasteiger charge is 2.36. The molecular formula is C19H21FN4O2. The van der Waals surface area contributed by atoms with Gasteiger partial charge in [0, 0.05) is 31.7 Å². The van der Waals surface area contributed by atoms with E-state index in [-0.39, 0.29) is 30.0 Å². The maximum absolute atomic E-state index is 13.6. The minimum Gasteiger partial charge on any atom is -0.341 e. The highest BCUT2D eigenvalue weighted by atomic mass is 19.1. The maximum atomic E-state index is 13.6. The van der Waals surface area contributed by atoms with Gasteiger partial charge in [-0.1, -0.05) is 24.3 Å². The number of aromatic nitrogens is 1.